The van der Waals surface area contributed by atoms with Crippen LogP contribution < -0.4 is 10.1 Å². The Morgan fingerprint density at radius 2 is 2.10 bits per heavy atom. The normalized spacial score (nSPS) is 12.4. The van der Waals surface area contributed by atoms with Crippen molar-refractivity contribution in [3.63, 3.8) is 0 Å². The molecule has 3 N–H and O–H groups in total. The lowest BCUT2D eigenvalue weighted by Gasteiger charge is -2.17. The van der Waals surface area contributed by atoms with E-state index in [0.717, 1.165) is 6.42 Å². The molecule has 0 saturated heterocycles. The molecule has 0 aliphatic carbocycles. The predicted octanol–water partition coefficient (Wildman–Crippen LogP) is 2.55. The number of phenols is 1. The summed E-state index contributed by atoms with van der Waals surface area (Å²) < 4.78 is 5.28. The molecule has 0 radical (unpaired) electrons. The van der Waals surface area contributed by atoms with Crippen LogP contribution in [-0.2, 0) is 4.79 Å². The highest BCUT2D eigenvalue weighted by Crippen LogP contribution is 2.29. The number of aromatic hydroxyl groups is 1. The van der Waals surface area contributed by atoms with Gasteiger partial charge in [0.05, 0.1) is 6.61 Å². The number of phenolic OH excluding ortho intramolecular Hbond substituents is 1. The molecule has 0 aromatic heterocycles. The highest BCUT2D eigenvalue weighted by atomic mass is 16.5. The molecule has 0 aliphatic rings. The van der Waals surface area contributed by atoms with E-state index >= 15 is 0 Å². The van der Waals surface area contributed by atoms with Gasteiger partial charge in [-0.1, -0.05) is 19.9 Å². The van der Waals surface area contributed by atoms with Crippen LogP contribution in [0.4, 0.5) is 0 Å². The van der Waals surface area contributed by atoms with Gasteiger partial charge in [0.1, 0.15) is 6.04 Å². The van der Waals surface area contributed by atoms with Crippen molar-refractivity contribution in [1.29, 1.82) is 0 Å². The molecule has 1 atom stereocenters. The third kappa shape index (κ3) is 4.74. The Balaban J connectivity index is 2.85. The van der Waals surface area contributed by atoms with Crippen molar-refractivity contribution in [2.45, 2.75) is 33.2 Å². The van der Waals surface area contributed by atoms with E-state index in [2.05, 4.69) is 19.2 Å². The topological polar surface area (TPSA) is 78.8 Å². The van der Waals surface area contributed by atoms with Crippen molar-refractivity contribution in [1.82, 2.24) is 5.32 Å². The Morgan fingerprint density at radius 1 is 1.40 bits per heavy atom. The molecule has 20 heavy (non-hydrogen) atoms. The zero-order chi connectivity index (χ0) is 15.1. The van der Waals surface area contributed by atoms with Gasteiger partial charge in [0.25, 0.3) is 0 Å². The van der Waals surface area contributed by atoms with Crippen molar-refractivity contribution in [2.75, 3.05) is 13.2 Å². The molecule has 112 valence electrons. The molecule has 1 rings (SSSR count). The second kappa shape index (κ2) is 7.75. The van der Waals surface area contributed by atoms with E-state index in [-0.39, 0.29) is 5.75 Å². The minimum Gasteiger partial charge on any atom is -0.504 e. The highest BCUT2D eigenvalue weighted by molar-refractivity contribution is 5.76. The number of ether oxygens (including phenoxy) is 1. The molecule has 1 aromatic rings. The summed E-state index contributed by atoms with van der Waals surface area (Å²) in [6.45, 7) is 7.02. The second-order valence-corrected chi connectivity index (χ2v) is 5.07. The van der Waals surface area contributed by atoms with Gasteiger partial charge in [0.15, 0.2) is 11.5 Å². The summed E-state index contributed by atoms with van der Waals surface area (Å²) in [5, 5.41) is 22.0. The number of rotatable bonds is 8. The fraction of sp³-hybridized carbons (Fsp3) is 0.533. The first-order valence-electron chi connectivity index (χ1n) is 6.87. The van der Waals surface area contributed by atoms with Gasteiger partial charge in [0.2, 0.25) is 0 Å². The van der Waals surface area contributed by atoms with Crippen LogP contribution in [0, 0.1) is 5.92 Å². The van der Waals surface area contributed by atoms with Gasteiger partial charge >= 0.3 is 5.97 Å². The molecular formula is C15H23NO4. The van der Waals surface area contributed by atoms with Crippen LogP contribution in [0.5, 0.6) is 11.5 Å². The zero-order valence-corrected chi connectivity index (χ0v) is 12.2. The maximum atomic E-state index is 11.4. The van der Waals surface area contributed by atoms with Crippen molar-refractivity contribution in [3.8, 4) is 11.5 Å². The molecule has 0 fully saturated rings. The summed E-state index contributed by atoms with van der Waals surface area (Å²) in [6.07, 6.45) is 0.903. The summed E-state index contributed by atoms with van der Waals surface area (Å²) in [5.74, 6) is -0.110. The van der Waals surface area contributed by atoms with Gasteiger partial charge in [-0.05, 0) is 43.5 Å². The van der Waals surface area contributed by atoms with Crippen molar-refractivity contribution in [3.05, 3.63) is 23.8 Å². The first-order valence-corrected chi connectivity index (χ1v) is 6.87. The molecule has 0 heterocycles. The molecule has 5 nitrogen and oxygen atoms in total. The van der Waals surface area contributed by atoms with Gasteiger partial charge < -0.3 is 20.3 Å². The number of benzene rings is 1. The monoisotopic (exact) mass is 281 g/mol. The van der Waals surface area contributed by atoms with Gasteiger partial charge in [-0.15, -0.1) is 0 Å². The Morgan fingerprint density at radius 3 is 2.65 bits per heavy atom. The van der Waals surface area contributed by atoms with E-state index in [1.54, 1.807) is 12.1 Å². The van der Waals surface area contributed by atoms with Crippen molar-refractivity contribution < 1.29 is 19.7 Å². The van der Waals surface area contributed by atoms with Crippen LogP contribution in [0.1, 0.15) is 38.8 Å². The Hall–Kier alpha value is -1.75. The minimum atomic E-state index is -0.943. The quantitative estimate of drug-likeness (QED) is 0.682. The van der Waals surface area contributed by atoms with Gasteiger partial charge in [-0.2, -0.15) is 0 Å². The molecule has 0 spiro atoms. The third-order valence-corrected chi connectivity index (χ3v) is 2.93. The fourth-order valence-corrected chi connectivity index (χ4v) is 1.85. The maximum Gasteiger partial charge on any atom is 0.325 e. The molecule has 0 bridgehead atoms. The lowest BCUT2D eigenvalue weighted by atomic mass is 10.1. The minimum absolute atomic E-state index is 0.0157. The number of hydrogen-bond donors (Lipinski definition) is 3. The van der Waals surface area contributed by atoms with E-state index in [1.807, 2.05) is 6.92 Å². The van der Waals surface area contributed by atoms with Crippen molar-refractivity contribution >= 4 is 5.97 Å². The van der Waals surface area contributed by atoms with Crippen LogP contribution in [-0.4, -0.2) is 29.3 Å². The largest absolute Gasteiger partial charge is 0.504 e. The fourth-order valence-electron chi connectivity index (χ4n) is 1.85. The van der Waals surface area contributed by atoms with E-state index in [1.165, 1.54) is 6.07 Å². The summed E-state index contributed by atoms with van der Waals surface area (Å²) >= 11 is 0. The Labute approximate surface area is 119 Å². The third-order valence-electron chi connectivity index (χ3n) is 2.93. The highest BCUT2D eigenvalue weighted by Gasteiger charge is 2.20. The van der Waals surface area contributed by atoms with Crippen molar-refractivity contribution in [2.24, 2.45) is 5.92 Å². The van der Waals surface area contributed by atoms with Gasteiger partial charge in [0, 0.05) is 0 Å². The number of carboxylic acids is 1. The Kier molecular flexibility index (Phi) is 6.31. The van der Waals surface area contributed by atoms with E-state index in [4.69, 9.17) is 4.74 Å². The first-order chi connectivity index (χ1) is 9.45. The van der Waals surface area contributed by atoms with E-state index < -0.39 is 12.0 Å². The number of aliphatic carboxylic acids is 1. The summed E-state index contributed by atoms with van der Waals surface area (Å²) in [5.41, 5.74) is 0.572. The van der Waals surface area contributed by atoms with Crippen LogP contribution in [0.3, 0.4) is 0 Å². The molecular weight excluding hydrogens is 258 g/mol. The van der Waals surface area contributed by atoms with Crippen LogP contribution in [0.2, 0.25) is 0 Å². The summed E-state index contributed by atoms with van der Waals surface area (Å²) in [7, 11) is 0. The smallest absolute Gasteiger partial charge is 0.325 e. The number of nitrogens with one attached hydrogen (secondary N) is 1. The molecule has 1 aromatic carbocycles. The van der Waals surface area contributed by atoms with E-state index in [9.17, 15) is 15.0 Å². The van der Waals surface area contributed by atoms with Crippen LogP contribution in [0.25, 0.3) is 0 Å². The molecule has 0 aliphatic heterocycles. The number of hydrogen-bond acceptors (Lipinski definition) is 4. The zero-order valence-electron chi connectivity index (χ0n) is 12.2. The Bertz CT molecular complexity index is 445. The number of carboxylic acid groups (broad SMARTS) is 1. The standard InChI is InChI=1S/C15H23NO4/c1-4-20-13-9-11(5-6-12(13)17)14(15(18)19)16-8-7-10(2)3/h5-6,9-10,14,16-17H,4,7-8H2,1-3H3,(H,18,19). The lowest BCUT2D eigenvalue weighted by molar-refractivity contribution is -0.139. The average Bonchev–Trinajstić information content (AvgIpc) is 2.37. The van der Waals surface area contributed by atoms with Crippen LogP contribution >= 0.6 is 0 Å². The molecule has 1 unspecified atom stereocenters. The van der Waals surface area contributed by atoms with Gasteiger partial charge in [-0.3, -0.25) is 4.79 Å². The SMILES string of the molecule is CCOc1cc(C(NCCC(C)C)C(=O)O)ccc1O. The first kappa shape index (κ1) is 16.3. The lowest BCUT2D eigenvalue weighted by Crippen LogP contribution is -2.29. The summed E-state index contributed by atoms with van der Waals surface area (Å²) in [4.78, 5) is 11.4. The van der Waals surface area contributed by atoms with Gasteiger partial charge in [-0.25, -0.2) is 0 Å². The maximum absolute atomic E-state index is 11.4. The molecule has 5 heteroatoms. The molecule has 0 saturated carbocycles. The predicted molar refractivity (Wildman–Crippen MR) is 77.1 cm³/mol. The molecule has 0 amide bonds. The second-order valence-electron chi connectivity index (χ2n) is 5.07. The van der Waals surface area contributed by atoms with Crippen LogP contribution in [0.15, 0.2) is 18.2 Å². The number of carbonyl (C=O) groups is 1. The summed E-state index contributed by atoms with van der Waals surface area (Å²) in [6, 6.07) is 3.83. The average molecular weight is 281 g/mol. The van der Waals surface area contributed by atoms with E-state index in [0.29, 0.717) is 30.4 Å².